The third-order valence-electron chi connectivity index (χ3n) is 5.25. The minimum atomic E-state index is -0.489. The Morgan fingerprint density at radius 3 is 2.62 bits per heavy atom. The second kappa shape index (κ2) is 5.92. The molecule has 126 valence electrons. The summed E-state index contributed by atoms with van der Waals surface area (Å²) in [7, 11) is 0. The van der Waals surface area contributed by atoms with Crippen molar-refractivity contribution in [2.45, 2.75) is 32.3 Å². The highest BCUT2D eigenvalue weighted by atomic mass is 16.6. The number of carbonyl (C=O) groups excluding carboxylic acids is 2. The van der Waals surface area contributed by atoms with Crippen LogP contribution in [0.5, 0.6) is 0 Å². The number of benzene rings is 1. The normalized spacial score (nSPS) is 22.2. The molecule has 0 bridgehead atoms. The first-order valence-electron chi connectivity index (χ1n) is 8.53. The van der Waals surface area contributed by atoms with Crippen molar-refractivity contribution in [1.82, 2.24) is 10.3 Å². The average Bonchev–Trinajstić information content (AvgIpc) is 3.41. The number of hydrogen-bond acceptors (Lipinski definition) is 4. The van der Waals surface area contributed by atoms with Crippen molar-refractivity contribution in [2.75, 3.05) is 13.1 Å². The van der Waals surface area contributed by atoms with E-state index in [4.69, 9.17) is 4.74 Å². The van der Waals surface area contributed by atoms with Gasteiger partial charge in [0.15, 0.2) is 0 Å². The smallest absolute Gasteiger partial charge is 0.410 e. The minimum absolute atomic E-state index is 0.00158. The second-order valence-electron chi connectivity index (χ2n) is 6.82. The number of carbonyl (C=O) groups is 2. The molecule has 1 aliphatic carbocycles. The van der Waals surface area contributed by atoms with Crippen LogP contribution in [0.1, 0.15) is 31.2 Å². The van der Waals surface area contributed by atoms with Crippen LogP contribution in [0, 0.1) is 11.3 Å². The first-order chi connectivity index (χ1) is 11.7. The zero-order chi connectivity index (χ0) is 16.6. The molecule has 1 aromatic rings. The number of amides is 2. The van der Waals surface area contributed by atoms with Gasteiger partial charge in [-0.25, -0.2) is 10.2 Å². The lowest BCUT2D eigenvalue weighted by molar-refractivity contribution is -0.128. The lowest BCUT2D eigenvalue weighted by Crippen LogP contribution is -2.50. The molecule has 3 aliphatic rings. The Hall–Kier alpha value is -2.37. The Morgan fingerprint density at radius 1 is 1.25 bits per heavy atom. The Balaban J connectivity index is 1.35. The number of nitrogens with zero attached hydrogens (tertiary/aromatic N) is 2. The van der Waals surface area contributed by atoms with E-state index >= 15 is 0 Å². The van der Waals surface area contributed by atoms with Gasteiger partial charge in [-0.3, -0.25) is 4.79 Å². The van der Waals surface area contributed by atoms with Gasteiger partial charge in [0.25, 0.3) is 5.91 Å². The molecule has 2 heterocycles. The SMILES string of the molecule is O=C(OCc1ccccc1)N1CCC2(CC1)C(=O)NN=C2C1CC1. The standard InChI is InChI=1S/C18H21N3O3/c22-16-18(15(19-20-16)14-6-7-14)8-10-21(11-9-18)17(23)24-12-13-4-2-1-3-5-13/h1-5,14H,6-12H2,(H,20,22). The van der Waals surface area contributed by atoms with Gasteiger partial charge in [0.05, 0.1) is 11.1 Å². The van der Waals surface area contributed by atoms with E-state index in [2.05, 4.69) is 10.5 Å². The maximum atomic E-state index is 12.3. The summed E-state index contributed by atoms with van der Waals surface area (Å²) < 4.78 is 5.39. The van der Waals surface area contributed by atoms with Crippen LogP contribution in [0.2, 0.25) is 0 Å². The fourth-order valence-corrected chi connectivity index (χ4v) is 3.64. The van der Waals surface area contributed by atoms with E-state index in [-0.39, 0.29) is 18.6 Å². The van der Waals surface area contributed by atoms with Gasteiger partial charge in [0.1, 0.15) is 6.61 Å². The number of piperidine rings is 1. The molecular formula is C18H21N3O3. The van der Waals surface area contributed by atoms with Crippen molar-refractivity contribution in [1.29, 1.82) is 0 Å². The number of likely N-dealkylation sites (tertiary alicyclic amines) is 1. The van der Waals surface area contributed by atoms with Gasteiger partial charge in [0, 0.05) is 19.0 Å². The average molecular weight is 327 g/mol. The highest BCUT2D eigenvalue weighted by molar-refractivity contribution is 6.14. The monoisotopic (exact) mass is 327 g/mol. The van der Waals surface area contributed by atoms with Gasteiger partial charge < -0.3 is 9.64 Å². The number of ether oxygens (including phenoxy) is 1. The van der Waals surface area contributed by atoms with E-state index in [9.17, 15) is 9.59 Å². The first-order valence-corrected chi connectivity index (χ1v) is 8.53. The van der Waals surface area contributed by atoms with Crippen molar-refractivity contribution < 1.29 is 14.3 Å². The Bertz CT molecular complexity index is 674. The topological polar surface area (TPSA) is 71.0 Å². The van der Waals surface area contributed by atoms with E-state index < -0.39 is 5.41 Å². The van der Waals surface area contributed by atoms with Crippen molar-refractivity contribution >= 4 is 17.7 Å². The van der Waals surface area contributed by atoms with Crippen LogP contribution < -0.4 is 5.43 Å². The predicted octanol–water partition coefficient (Wildman–Crippen LogP) is 2.30. The molecule has 2 fully saturated rings. The number of hydrazone groups is 1. The molecule has 24 heavy (non-hydrogen) atoms. The molecule has 0 radical (unpaired) electrons. The van der Waals surface area contributed by atoms with E-state index in [0.29, 0.717) is 31.8 Å². The van der Waals surface area contributed by atoms with Gasteiger partial charge >= 0.3 is 6.09 Å². The molecule has 1 N–H and O–H groups in total. The van der Waals surface area contributed by atoms with Crippen molar-refractivity contribution in [3.8, 4) is 0 Å². The molecule has 1 saturated carbocycles. The second-order valence-corrected chi connectivity index (χ2v) is 6.82. The fraction of sp³-hybridized carbons (Fsp3) is 0.500. The summed E-state index contributed by atoms with van der Waals surface area (Å²) in [5.74, 6) is 0.460. The largest absolute Gasteiger partial charge is 0.445 e. The van der Waals surface area contributed by atoms with Gasteiger partial charge in [-0.2, -0.15) is 5.10 Å². The third kappa shape index (κ3) is 2.66. The maximum Gasteiger partial charge on any atom is 0.410 e. The molecule has 2 amide bonds. The van der Waals surface area contributed by atoms with Crippen LogP contribution in [-0.4, -0.2) is 35.7 Å². The summed E-state index contributed by atoms with van der Waals surface area (Å²) in [5, 5.41) is 4.28. The Labute approximate surface area is 140 Å². The number of hydrogen-bond donors (Lipinski definition) is 1. The molecule has 0 atom stereocenters. The number of rotatable bonds is 3. The highest BCUT2D eigenvalue weighted by Gasteiger charge is 2.53. The summed E-state index contributed by atoms with van der Waals surface area (Å²) in [5.41, 5.74) is 4.16. The van der Waals surface area contributed by atoms with Gasteiger partial charge in [-0.05, 0) is 31.2 Å². The molecule has 0 unspecified atom stereocenters. The Kier molecular flexibility index (Phi) is 3.75. The van der Waals surface area contributed by atoms with Crippen LogP contribution in [0.15, 0.2) is 35.4 Å². The first kappa shape index (κ1) is 15.2. The van der Waals surface area contributed by atoms with Crippen LogP contribution >= 0.6 is 0 Å². The molecular weight excluding hydrogens is 306 g/mol. The number of nitrogens with one attached hydrogen (secondary N) is 1. The van der Waals surface area contributed by atoms with Crippen molar-refractivity contribution in [2.24, 2.45) is 16.4 Å². The van der Waals surface area contributed by atoms with Gasteiger partial charge in [-0.1, -0.05) is 30.3 Å². The molecule has 2 aliphatic heterocycles. The fourth-order valence-electron chi connectivity index (χ4n) is 3.64. The van der Waals surface area contributed by atoms with Crippen LogP contribution in [0.4, 0.5) is 4.79 Å². The molecule has 1 aromatic carbocycles. The summed E-state index contributed by atoms with van der Waals surface area (Å²) in [6.07, 6.45) is 3.21. The summed E-state index contributed by atoms with van der Waals surface area (Å²) in [6, 6.07) is 9.64. The molecule has 0 aromatic heterocycles. The predicted molar refractivity (Wildman–Crippen MR) is 88.2 cm³/mol. The van der Waals surface area contributed by atoms with Crippen molar-refractivity contribution in [3.63, 3.8) is 0 Å². The van der Waals surface area contributed by atoms with Crippen LogP contribution in [0.3, 0.4) is 0 Å². The molecule has 1 spiro atoms. The lowest BCUT2D eigenvalue weighted by Gasteiger charge is -2.37. The molecule has 6 heteroatoms. The van der Waals surface area contributed by atoms with E-state index in [1.165, 1.54) is 0 Å². The van der Waals surface area contributed by atoms with Crippen molar-refractivity contribution in [3.05, 3.63) is 35.9 Å². The third-order valence-corrected chi connectivity index (χ3v) is 5.25. The quantitative estimate of drug-likeness (QED) is 0.926. The van der Waals surface area contributed by atoms with Gasteiger partial charge in [0.2, 0.25) is 0 Å². The summed E-state index contributed by atoms with van der Waals surface area (Å²) >= 11 is 0. The van der Waals surface area contributed by atoms with Crippen LogP contribution in [0.25, 0.3) is 0 Å². The highest BCUT2D eigenvalue weighted by Crippen LogP contribution is 2.45. The van der Waals surface area contributed by atoms with E-state index in [0.717, 1.165) is 24.1 Å². The maximum absolute atomic E-state index is 12.3. The summed E-state index contributed by atoms with van der Waals surface area (Å²) in [6.45, 7) is 1.34. The molecule has 6 nitrogen and oxygen atoms in total. The molecule has 4 rings (SSSR count). The Morgan fingerprint density at radius 2 is 1.96 bits per heavy atom. The van der Waals surface area contributed by atoms with Gasteiger partial charge in [-0.15, -0.1) is 0 Å². The van der Waals surface area contributed by atoms with Crippen LogP contribution in [-0.2, 0) is 16.1 Å². The zero-order valence-electron chi connectivity index (χ0n) is 13.5. The van der Waals surface area contributed by atoms with E-state index in [1.807, 2.05) is 30.3 Å². The van der Waals surface area contributed by atoms with E-state index in [1.54, 1.807) is 4.90 Å². The summed E-state index contributed by atoms with van der Waals surface area (Å²) in [4.78, 5) is 26.3. The lowest BCUT2D eigenvalue weighted by atomic mass is 9.73. The minimum Gasteiger partial charge on any atom is -0.445 e. The zero-order valence-corrected chi connectivity index (χ0v) is 13.5. The molecule has 1 saturated heterocycles.